The van der Waals surface area contributed by atoms with E-state index in [1.807, 2.05) is 84.9 Å². The van der Waals surface area contributed by atoms with Gasteiger partial charge in [-0.15, -0.1) is 0 Å². The van der Waals surface area contributed by atoms with Gasteiger partial charge in [0.1, 0.15) is 29.4 Å². The molecule has 1 aromatic heterocycles. The molecule has 4 aromatic rings. The lowest BCUT2D eigenvalue weighted by atomic mass is 9.79. The van der Waals surface area contributed by atoms with Crippen LogP contribution in [0, 0.1) is 18.3 Å². The molecule has 16 heteroatoms. The van der Waals surface area contributed by atoms with Crippen molar-refractivity contribution in [3.63, 3.8) is 0 Å². The highest BCUT2D eigenvalue weighted by molar-refractivity contribution is 7.48. The summed E-state index contributed by atoms with van der Waals surface area (Å²) in [6, 6.07) is 26.6. The number of nitrogens with zero attached hydrogens (tertiary/aromatic N) is 2. The van der Waals surface area contributed by atoms with Crippen LogP contribution >= 0.6 is 7.82 Å². The number of methoxy groups -OCH3 is 2. The fourth-order valence-electron chi connectivity index (χ4n) is 6.14. The molecule has 0 bridgehead atoms. The lowest BCUT2D eigenvalue weighted by Crippen LogP contribution is -2.41. The van der Waals surface area contributed by atoms with Crippen molar-refractivity contribution >= 4 is 7.82 Å². The number of aromatic nitrogens is 2. The minimum absolute atomic E-state index is 0.0317. The number of ether oxygens (including phenoxy) is 4. The summed E-state index contributed by atoms with van der Waals surface area (Å²) in [7, 11) is -1.06. The zero-order chi connectivity index (χ0) is 38.6. The highest BCUT2D eigenvalue weighted by atomic mass is 31.2. The quantitative estimate of drug-likeness (QED) is 0.0660. The number of hydrogen-bond donors (Lipinski definition) is 3. The van der Waals surface area contributed by atoms with Crippen LogP contribution in [0.1, 0.15) is 41.3 Å². The Hall–Kier alpha value is -4.62. The number of benzene rings is 3. The van der Waals surface area contributed by atoms with Crippen LogP contribution in [0.25, 0.3) is 0 Å². The molecule has 4 N–H and O–H groups in total. The topological polar surface area (TPSA) is 198 Å². The molecule has 0 spiro atoms. The maximum atomic E-state index is 13.9. The monoisotopic (exact) mass is 763 g/mol. The summed E-state index contributed by atoms with van der Waals surface area (Å²) in [4.78, 5) is 27.8. The number of aryl methyl sites for hydroxylation is 1. The van der Waals surface area contributed by atoms with Crippen molar-refractivity contribution in [1.29, 1.82) is 5.26 Å². The smallest absolute Gasteiger partial charge is 0.474 e. The van der Waals surface area contributed by atoms with Gasteiger partial charge in [0.2, 0.25) is 0 Å². The number of nitriles is 1. The average Bonchev–Trinajstić information content (AvgIpc) is 3.60. The number of hydrogen-bond acceptors (Lipinski definition) is 13. The predicted molar refractivity (Wildman–Crippen MR) is 199 cm³/mol. The van der Waals surface area contributed by atoms with Crippen molar-refractivity contribution in [3.8, 4) is 17.6 Å². The van der Waals surface area contributed by atoms with Gasteiger partial charge < -0.3 is 30.0 Å². The zero-order valence-electron chi connectivity index (χ0n) is 30.5. The van der Waals surface area contributed by atoms with E-state index in [0.29, 0.717) is 36.7 Å². The van der Waals surface area contributed by atoms with Gasteiger partial charge in [0.15, 0.2) is 0 Å². The molecular formula is C38H46N5O10P. The summed E-state index contributed by atoms with van der Waals surface area (Å²) < 4.78 is 57.0. The molecule has 0 saturated carbocycles. The molecule has 2 heterocycles. The van der Waals surface area contributed by atoms with Gasteiger partial charge in [0, 0.05) is 37.8 Å². The van der Waals surface area contributed by atoms with Crippen LogP contribution in [0.3, 0.4) is 0 Å². The molecule has 0 aliphatic carbocycles. The minimum Gasteiger partial charge on any atom is -0.497 e. The van der Waals surface area contributed by atoms with E-state index in [-0.39, 0.29) is 32.7 Å². The maximum Gasteiger partial charge on any atom is 0.474 e. The van der Waals surface area contributed by atoms with E-state index in [0.717, 1.165) is 16.7 Å². The van der Waals surface area contributed by atoms with Crippen molar-refractivity contribution in [2.75, 3.05) is 53.7 Å². The maximum absolute atomic E-state index is 13.9. The Morgan fingerprint density at radius 3 is 2.13 bits per heavy atom. The first-order valence-electron chi connectivity index (χ1n) is 17.5. The third kappa shape index (κ3) is 9.72. The van der Waals surface area contributed by atoms with Crippen LogP contribution in [-0.2, 0) is 33.2 Å². The SMILES string of the molecule is COc1ccc(C(O[C@H]2C[C@H](n3cc(C)c(=O)[nH]c3=O)O[C@@H]2COP(=O)(OCCC#N)OCCNCCN)(c2ccccc2)c2ccc(OC)cc2)cc1. The number of H-pyrrole nitrogens is 1. The van der Waals surface area contributed by atoms with Gasteiger partial charge >= 0.3 is 13.5 Å². The summed E-state index contributed by atoms with van der Waals surface area (Å²) >= 11 is 0. The number of rotatable bonds is 20. The molecule has 0 radical (unpaired) electrons. The third-order valence-corrected chi connectivity index (χ3v) is 10.3. The summed E-state index contributed by atoms with van der Waals surface area (Å²) in [6.45, 7) is 2.25. The number of phosphoric ester groups is 1. The van der Waals surface area contributed by atoms with E-state index in [1.54, 1.807) is 21.1 Å². The number of phosphoric acid groups is 1. The van der Waals surface area contributed by atoms with Gasteiger partial charge in [0.25, 0.3) is 5.56 Å². The van der Waals surface area contributed by atoms with E-state index in [9.17, 15) is 14.2 Å². The average molecular weight is 764 g/mol. The summed E-state index contributed by atoms with van der Waals surface area (Å²) in [6.07, 6.45) is -1.22. The molecule has 54 heavy (non-hydrogen) atoms. The van der Waals surface area contributed by atoms with Crippen molar-refractivity contribution in [1.82, 2.24) is 14.9 Å². The van der Waals surface area contributed by atoms with Crippen LogP contribution in [0.2, 0.25) is 0 Å². The normalized spacial score (nSPS) is 18.2. The van der Waals surface area contributed by atoms with Gasteiger partial charge in [-0.05, 0) is 47.9 Å². The van der Waals surface area contributed by atoms with Crippen molar-refractivity contribution in [2.45, 2.75) is 43.8 Å². The first kappa shape index (κ1) is 40.6. The van der Waals surface area contributed by atoms with Crippen LogP contribution in [-0.4, -0.2) is 75.4 Å². The Bertz CT molecular complexity index is 1950. The van der Waals surface area contributed by atoms with Crippen molar-refractivity contribution in [3.05, 3.63) is 128 Å². The molecule has 0 amide bonds. The largest absolute Gasteiger partial charge is 0.497 e. The van der Waals surface area contributed by atoms with E-state index < -0.39 is 43.1 Å². The highest BCUT2D eigenvalue weighted by Crippen LogP contribution is 2.51. The molecule has 1 fully saturated rings. The second kappa shape index (κ2) is 19.1. The lowest BCUT2D eigenvalue weighted by molar-refractivity contribution is -0.0994. The fourth-order valence-corrected chi connectivity index (χ4v) is 7.32. The molecule has 3 aromatic carbocycles. The van der Waals surface area contributed by atoms with E-state index in [4.69, 9.17) is 43.5 Å². The summed E-state index contributed by atoms with van der Waals surface area (Å²) in [5, 5.41) is 12.1. The van der Waals surface area contributed by atoms with Gasteiger partial charge in [-0.25, -0.2) is 9.36 Å². The molecule has 288 valence electrons. The lowest BCUT2D eigenvalue weighted by Gasteiger charge is -2.39. The van der Waals surface area contributed by atoms with Crippen LogP contribution < -0.4 is 31.8 Å². The standard InChI is InChI=1S/C38H46N5O10P/c1-27-25-43(37(45)42-36(27)44)35-24-33(34(52-35)26-51-54(46,49-22-7-18-39)50-23-21-41-20-19-40)53-38(28-8-5-4-6-9-28,29-10-14-31(47-2)15-11-29)30-12-16-32(48-3)17-13-30/h4-6,8-17,25,33-35,41H,7,19-24,26,40H2,1-3H3,(H,42,44,45)/t33-,34+,35+,54?/m0/s1. The second-order valence-electron chi connectivity index (χ2n) is 12.4. The van der Waals surface area contributed by atoms with Crippen LogP contribution in [0.15, 0.2) is 94.6 Å². The first-order chi connectivity index (χ1) is 26.2. The second-order valence-corrected chi connectivity index (χ2v) is 14.0. The zero-order valence-corrected chi connectivity index (χ0v) is 31.4. The van der Waals surface area contributed by atoms with Gasteiger partial charge in [-0.2, -0.15) is 5.26 Å². The molecule has 15 nitrogen and oxygen atoms in total. The molecule has 4 atom stereocenters. The number of aromatic amines is 1. The predicted octanol–water partition coefficient (Wildman–Crippen LogP) is 4.15. The van der Waals surface area contributed by atoms with E-state index >= 15 is 0 Å². The summed E-state index contributed by atoms with van der Waals surface area (Å²) in [5.74, 6) is 1.29. The Balaban J connectivity index is 1.59. The number of nitrogens with one attached hydrogen (secondary N) is 2. The van der Waals surface area contributed by atoms with Gasteiger partial charge in [0.05, 0.1) is 52.6 Å². The molecular weight excluding hydrogens is 717 g/mol. The van der Waals surface area contributed by atoms with Crippen LogP contribution in [0.5, 0.6) is 11.5 Å². The third-order valence-electron chi connectivity index (χ3n) is 8.85. The highest BCUT2D eigenvalue weighted by Gasteiger charge is 2.47. The van der Waals surface area contributed by atoms with E-state index in [1.165, 1.54) is 10.8 Å². The van der Waals surface area contributed by atoms with Gasteiger partial charge in [-0.1, -0.05) is 54.6 Å². The van der Waals surface area contributed by atoms with Crippen molar-refractivity contribution in [2.24, 2.45) is 5.73 Å². The Morgan fingerprint density at radius 1 is 0.926 bits per heavy atom. The molecule has 1 aliphatic rings. The molecule has 1 saturated heterocycles. The van der Waals surface area contributed by atoms with Gasteiger partial charge in [-0.3, -0.25) is 27.9 Å². The van der Waals surface area contributed by atoms with E-state index in [2.05, 4.69) is 10.3 Å². The number of nitrogens with two attached hydrogens (primary N) is 1. The molecule has 1 unspecified atom stereocenters. The van der Waals surface area contributed by atoms with Crippen LogP contribution in [0.4, 0.5) is 0 Å². The first-order valence-corrected chi connectivity index (χ1v) is 18.9. The molecule has 1 aliphatic heterocycles. The fraction of sp³-hybridized carbons (Fsp3) is 0.395. The minimum atomic E-state index is -4.24. The Morgan fingerprint density at radius 2 is 1.54 bits per heavy atom. The Kier molecular flexibility index (Phi) is 14.4. The van der Waals surface area contributed by atoms with Crippen molar-refractivity contribution < 1.29 is 37.1 Å². The summed E-state index contributed by atoms with van der Waals surface area (Å²) in [5.41, 5.74) is 5.66. The molecule has 5 rings (SSSR count). The Labute approximate surface area is 313 Å².